The number of H-pyrrole nitrogens is 1. The van der Waals surface area contributed by atoms with E-state index in [1.54, 1.807) is 12.1 Å². The van der Waals surface area contributed by atoms with Crippen molar-refractivity contribution in [2.75, 3.05) is 31.2 Å². The fourth-order valence-electron chi connectivity index (χ4n) is 5.06. The molecule has 9 nitrogen and oxygen atoms in total. The quantitative estimate of drug-likeness (QED) is 0.609. The second-order valence-electron chi connectivity index (χ2n) is 9.03. The van der Waals surface area contributed by atoms with Crippen LogP contribution in [0.15, 0.2) is 33.6 Å². The van der Waals surface area contributed by atoms with Gasteiger partial charge in [0.25, 0.3) is 5.56 Å². The maximum absolute atomic E-state index is 13.6. The predicted octanol–water partition coefficient (Wildman–Crippen LogP) is 2.24. The average molecular weight is 475 g/mol. The fourth-order valence-corrected chi connectivity index (χ4v) is 6.60. The average Bonchev–Trinajstić information content (AvgIpc) is 3.41. The number of pyridine rings is 1. The summed E-state index contributed by atoms with van der Waals surface area (Å²) in [7, 11) is -3.82. The zero-order valence-electron chi connectivity index (χ0n) is 18.9. The van der Waals surface area contributed by atoms with Crippen molar-refractivity contribution in [1.29, 1.82) is 0 Å². The van der Waals surface area contributed by atoms with E-state index in [9.17, 15) is 13.2 Å². The number of aromatic nitrogens is 1. The summed E-state index contributed by atoms with van der Waals surface area (Å²) >= 11 is 0. The summed E-state index contributed by atoms with van der Waals surface area (Å²) in [4.78, 5) is 23.5. The van der Waals surface area contributed by atoms with Gasteiger partial charge < -0.3 is 19.5 Å². The van der Waals surface area contributed by atoms with E-state index >= 15 is 0 Å². The number of hydrogen-bond acceptors (Lipinski definition) is 7. The van der Waals surface area contributed by atoms with Gasteiger partial charge in [-0.15, -0.1) is 5.48 Å². The third kappa shape index (κ3) is 4.28. The first kappa shape index (κ1) is 22.4. The summed E-state index contributed by atoms with van der Waals surface area (Å²) in [6, 6.07) is 5.07. The van der Waals surface area contributed by atoms with E-state index < -0.39 is 10.0 Å². The third-order valence-corrected chi connectivity index (χ3v) is 8.29. The molecule has 33 heavy (non-hydrogen) atoms. The van der Waals surface area contributed by atoms with Crippen molar-refractivity contribution in [3.8, 4) is 0 Å². The highest BCUT2D eigenvalue weighted by Crippen LogP contribution is 2.34. The lowest BCUT2D eigenvalue weighted by atomic mass is 9.98. The summed E-state index contributed by atoms with van der Waals surface area (Å²) in [6.45, 7) is 6.02. The van der Waals surface area contributed by atoms with E-state index in [1.807, 2.05) is 24.8 Å². The van der Waals surface area contributed by atoms with Gasteiger partial charge in [0.15, 0.2) is 0 Å². The van der Waals surface area contributed by atoms with Crippen molar-refractivity contribution >= 4 is 32.2 Å². The second kappa shape index (κ2) is 8.75. The maximum atomic E-state index is 13.6. The highest BCUT2D eigenvalue weighted by molar-refractivity contribution is 7.89. The second-order valence-corrected chi connectivity index (χ2v) is 10.7. The monoisotopic (exact) mass is 474 g/mol. The molecule has 0 radical (unpaired) electrons. The van der Waals surface area contributed by atoms with Gasteiger partial charge in [0, 0.05) is 30.1 Å². The maximum Gasteiger partial charge on any atom is 0.271 e. The van der Waals surface area contributed by atoms with Crippen molar-refractivity contribution in [1.82, 2.24) is 15.2 Å². The molecule has 3 heterocycles. The van der Waals surface area contributed by atoms with Crippen molar-refractivity contribution in [3.05, 3.63) is 39.9 Å². The summed E-state index contributed by atoms with van der Waals surface area (Å²) < 4.78 is 35.5. The SMILES string of the molecule is CC1=C(c2cc(S(=O)(=O)NC3CCCC3)c3cc(N4CCOCC4)c(=O)[nH]c3c2)C(C)NO1. The van der Waals surface area contributed by atoms with Crippen molar-refractivity contribution in [3.63, 3.8) is 0 Å². The minimum atomic E-state index is -3.82. The molecule has 10 heteroatoms. The van der Waals surface area contributed by atoms with Gasteiger partial charge in [-0.2, -0.15) is 0 Å². The van der Waals surface area contributed by atoms with Crippen LogP contribution in [0, 0.1) is 0 Å². The number of fused-ring (bicyclic) bond motifs is 1. The normalized spacial score (nSPS) is 22.4. The molecule has 178 valence electrons. The first-order chi connectivity index (χ1) is 15.8. The lowest BCUT2D eigenvalue weighted by molar-refractivity contribution is 0.122. The Hall–Kier alpha value is -2.40. The Balaban J connectivity index is 1.69. The van der Waals surface area contributed by atoms with E-state index in [0.29, 0.717) is 54.2 Å². The molecule has 0 spiro atoms. The van der Waals surface area contributed by atoms with Crippen molar-refractivity contribution in [2.24, 2.45) is 0 Å². The lowest BCUT2D eigenvalue weighted by Gasteiger charge is -2.28. The molecule has 1 aliphatic carbocycles. The van der Waals surface area contributed by atoms with E-state index in [4.69, 9.17) is 9.57 Å². The van der Waals surface area contributed by atoms with Crippen LogP contribution in [0.3, 0.4) is 0 Å². The Morgan fingerprint density at radius 1 is 1.12 bits per heavy atom. The molecule has 1 unspecified atom stereocenters. The third-order valence-electron chi connectivity index (χ3n) is 6.73. The molecule has 5 rings (SSSR count). The van der Waals surface area contributed by atoms with E-state index in [-0.39, 0.29) is 22.5 Å². The van der Waals surface area contributed by atoms with Crippen molar-refractivity contribution < 1.29 is 18.0 Å². The Labute approximate surface area is 193 Å². The lowest BCUT2D eigenvalue weighted by Crippen LogP contribution is -2.39. The van der Waals surface area contributed by atoms with Gasteiger partial charge in [0.05, 0.1) is 29.7 Å². The van der Waals surface area contributed by atoms with Crippen LogP contribution in [-0.4, -0.2) is 51.8 Å². The topological polar surface area (TPSA) is 113 Å². The summed E-state index contributed by atoms with van der Waals surface area (Å²) in [5.74, 6) is 0.682. The number of rotatable bonds is 5. The van der Waals surface area contributed by atoms with E-state index in [2.05, 4.69) is 15.2 Å². The molecule has 2 aromatic rings. The van der Waals surface area contributed by atoms with E-state index in [1.165, 1.54) is 0 Å². The highest BCUT2D eigenvalue weighted by atomic mass is 32.2. The first-order valence-corrected chi connectivity index (χ1v) is 13.0. The molecule has 0 bridgehead atoms. The first-order valence-electron chi connectivity index (χ1n) is 11.5. The summed E-state index contributed by atoms with van der Waals surface area (Å²) in [5, 5.41) is 0.503. The molecule has 2 aliphatic heterocycles. The molecule has 1 saturated carbocycles. The Morgan fingerprint density at radius 3 is 2.52 bits per heavy atom. The number of benzene rings is 1. The van der Waals surface area contributed by atoms with Gasteiger partial charge in [0.1, 0.15) is 11.4 Å². The van der Waals surface area contributed by atoms with Crippen LogP contribution in [-0.2, 0) is 19.6 Å². The van der Waals surface area contributed by atoms with Crippen LogP contribution in [0.25, 0.3) is 16.5 Å². The molecule has 1 aromatic carbocycles. The number of allylic oxidation sites excluding steroid dienone is 1. The number of nitrogens with zero attached hydrogens (tertiary/aromatic N) is 1. The molecule has 1 saturated heterocycles. The van der Waals surface area contributed by atoms with Crippen LogP contribution >= 0.6 is 0 Å². The molecule has 3 N–H and O–H groups in total. The Kier molecular flexibility index (Phi) is 5.94. The molecular formula is C23H30N4O5S. The van der Waals surface area contributed by atoms with Crippen molar-refractivity contribution in [2.45, 2.75) is 56.5 Å². The predicted molar refractivity (Wildman–Crippen MR) is 126 cm³/mol. The van der Waals surface area contributed by atoms with Gasteiger partial charge >= 0.3 is 0 Å². The van der Waals surface area contributed by atoms with E-state index in [0.717, 1.165) is 31.3 Å². The zero-order chi connectivity index (χ0) is 23.2. The summed E-state index contributed by atoms with van der Waals surface area (Å²) in [5.41, 5.74) is 5.20. The van der Waals surface area contributed by atoms with Gasteiger partial charge in [-0.1, -0.05) is 12.8 Å². The van der Waals surface area contributed by atoms with Gasteiger partial charge in [0.2, 0.25) is 10.0 Å². The summed E-state index contributed by atoms with van der Waals surface area (Å²) in [6.07, 6.45) is 3.72. The molecule has 1 aromatic heterocycles. The smallest absolute Gasteiger partial charge is 0.271 e. The van der Waals surface area contributed by atoms with Gasteiger partial charge in [-0.3, -0.25) is 4.79 Å². The Bertz CT molecular complexity index is 1260. The highest BCUT2D eigenvalue weighted by Gasteiger charge is 2.29. The number of sulfonamides is 1. The standard InChI is InChI=1S/C23H30N4O5S/c1-14-22(15(2)32-25-14)16-11-19-18(13-20(23(28)24-19)27-7-9-31-10-8-27)21(12-16)33(29,30)26-17-5-3-4-6-17/h11-14,17,25-26H,3-10H2,1-2H3,(H,24,28). The zero-order valence-corrected chi connectivity index (χ0v) is 19.8. The number of anilines is 1. The number of aromatic amines is 1. The van der Waals surface area contributed by atoms with Crippen LogP contribution in [0.1, 0.15) is 45.1 Å². The van der Waals surface area contributed by atoms with Crippen LogP contribution < -0.4 is 20.7 Å². The molecule has 3 aliphatic rings. The molecule has 2 fully saturated rings. The van der Waals surface area contributed by atoms with Gasteiger partial charge in [-0.05, 0) is 50.5 Å². The van der Waals surface area contributed by atoms with Crippen LogP contribution in [0.5, 0.6) is 0 Å². The van der Waals surface area contributed by atoms with Crippen LogP contribution in [0.2, 0.25) is 0 Å². The Morgan fingerprint density at radius 2 is 1.85 bits per heavy atom. The number of hydrogen-bond donors (Lipinski definition) is 3. The minimum absolute atomic E-state index is 0.0634. The fraction of sp³-hybridized carbons (Fsp3) is 0.522. The molecular weight excluding hydrogens is 444 g/mol. The number of nitrogens with one attached hydrogen (secondary N) is 3. The largest absolute Gasteiger partial charge is 0.413 e. The van der Waals surface area contributed by atoms with Crippen LogP contribution in [0.4, 0.5) is 5.69 Å². The molecule has 1 atom stereocenters. The number of ether oxygens (including phenoxy) is 1. The number of morpholine rings is 1. The van der Waals surface area contributed by atoms with Gasteiger partial charge in [-0.25, -0.2) is 13.1 Å². The minimum Gasteiger partial charge on any atom is -0.413 e. The molecule has 0 amide bonds. The number of hydroxylamine groups is 1.